The number of rotatable bonds is 6. The quantitative estimate of drug-likeness (QED) is 0.768. The monoisotopic (exact) mass is 399 g/mol. The van der Waals surface area contributed by atoms with E-state index in [0.29, 0.717) is 41.3 Å². The van der Waals surface area contributed by atoms with Crippen LogP contribution in [-0.2, 0) is 16.1 Å². The van der Waals surface area contributed by atoms with Gasteiger partial charge in [-0.15, -0.1) is 0 Å². The van der Waals surface area contributed by atoms with Crippen molar-refractivity contribution in [1.29, 1.82) is 0 Å². The van der Waals surface area contributed by atoms with Crippen molar-refractivity contribution < 1.29 is 14.4 Å². The Labute approximate surface area is 168 Å². The van der Waals surface area contributed by atoms with Crippen LogP contribution >= 0.6 is 11.6 Å². The Kier molecular flexibility index (Phi) is 6.31. The minimum atomic E-state index is -0.310. The molecule has 1 saturated heterocycles. The molecule has 1 aliphatic heterocycles. The zero-order valence-corrected chi connectivity index (χ0v) is 16.4. The van der Waals surface area contributed by atoms with E-state index in [-0.39, 0.29) is 17.7 Å². The van der Waals surface area contributed by atoms with Crippen LogP contribution in [0.4, 0.5) is 11.4 Å². The number of carbonyl (C=O) groups is 3. The summed E-state index contributed by atoms with van der Waals surface area (Å²) in [5.74, 6) is -0.285. The maximum absolute atomic E-state index is 12.7. The summed E-state index contributed by atoms with van der Waals surface area (Å²) in [6.45, 7) is 3.01. The van der Waals surface area contributed by atoms with Crippen LogP contribution in [0.15, 0.2) is 42.5 Å². The molecule has 0 atom stereocenters. The highest BCUT2D eigenvalue weighted by molar-refractivity contribution is 6.34. The van der Waals surface area contributed by atoms with E-state index < -0.39 is 0 Å². The van der Waals surface area contributed by atoms with Crippen molar-refractivity contribution in [2.45, 2.75) is 32.7 Å². The summed E-state index contributed by atoms with van der Waals surface area (Å²) in [6, 6.07) is 12.1. The van der Waals surface area contributed by atoms with Gasteiger partial charge in [0, 0.05) is 37.2 Å². The first-order valence-corrected chi connectivity index (χ1v) is 9.61. The number of halogens is 1. The second kappa shape index (κ2) is 8.89. The van der Waals surface area contributed by atoms with Crippen molar-refractivity contribution in [3.63, 3.8) is 0 Å². The van der Waals surface area contributed by atoms with Gasteiger partial charge < -0.3 is 15.5 Å². The van der Waals surface area contributed by atoms with Crippen LogP contribution in [0.2, 0.25) is 5.02 Å². The zero-order valence-electron chi connectivity index (χ0n) is 15.6. The Balaban J connectivity index is 1.72. The summed E-state index contributed by atoms with van der Waals surface area (Å²) in [4.78, 5) is 37.8. The predicted molar refractivity (Wildman–Crippen MR) is 109 cm³/mol. The van der Waals surface area contributed by atoms with Crippen LogP contribution in [0.5, 0.6) is 0 Å². The fourth-order valence-electron chi connectivity index (χ4n) is 3.05. The second-order valence-corrected chi connectivity index (χ2v) is 7.08. The molecule has 28 heavy (non-hydrogen) atoms. The highest BCUT2D eigenvalue weighted by Gasteiger charge is 2.20. The number of hydrogen-bond acceptors (Lipinski definition) is 3. The minimum absolute atomic E-state index is 0.122. The molecular formula is C21H22ClN3O3. The van der Waals surface area contributed by atoms with E-state index in [9.17, 15) is 14.4 Å². The molecule has 1 fully saturated rings. The molecule has 6 nitrogen and oxygen atoms in total. The normalized spacial score (nSPS) is 13.5. The van der Waals surface area contributed by atoms with Crippen molar-refractivity contribution in [2.24, 2.45) is 0 Å². The van der Waals surface area contributed by atoms with Gasteiger partial charge in [0.15, 0.2) is 0 Å². The van der Waals surface area contributed by atoms with Gasteiger partial charge >= 0.3 is 0 Å². The molecule has 1 heterocycles. The molecule has 2 aromatic carbocycles. The first-order chi connectivity index (χ1) is 13.5. The molecule has 0 aromatic heterocycles. The summed E-state index contributed by atoms with van der Waals surface area (Å²) in [6.07, 6.45) is 1.82. The lowest BCUT2D eigenvalue weighted by atomic mass is 10.1. The first kappa shape index (κ1) is 19.9. The van der Waals surface area contributed by atoms with Crippen LogP contribution in [0.3, 0.4) is 0 Å². The molecule has 0 bridgehead atoms. The summed E-state index contributed by atoms with van der Waals surface area (Å²) in [7, 11) is 0. The number of nitrogens with zero attached hydrogens (tertiary/aromatic N) is 1. The van der Waals surface area contributed by atoms with Gasteiger partial charge in [0.05, 0.1) is 10.7 Å². The van der Waals surface area contributed by atoms with Gasteiger partial charge in [-0.25, -0.2) is 0 Å². The second-order valence-electron chi connectivity index (χ2n) is 6.67. The summed E-state index contributed by atoms with van der Waals surface area (Å²) in [5, 5.41) is 5.90. The topological polar surface area (TPSA) is 78.5 Å². The van der Waals surface area contributed by atoms with Gasteiger partial charge in [-0.1, -0.05) is 30.7 Å². The number of hydrogen-bond donors (Lipinski definition) is 2. The molecule has 0 spiro atoms. The summed E-state index contributed by atoms with van der Waals surface area (Å²) in [5.41, 5.74) is 2.36. The van der Waals surface area contributed by atoms with E-state index in [0.717, 1.165) is 18.5 Å². The van der Waals surface area contributed by atoms with Crippen molar-refractivity contribution in [1.82, 2.24) is 4.90 Å². The molecule has 2 aromatic rings. The smallest absolute Gasteiger partial charge is 0.255 e. The lowest BCUT2D eigenvalue weighted by molar-refractivity contribution is -0.128. The number of amides is 3. The third kappa shape index (κ3) is 4.89. The van der Waals surface area contributed by atoms with Crippen molar-refractivity contribution in [3.8, 4) is 0 Å². The molecule has 3 amide bonds. The van der Waals surface area contributed by atoms with Crippen molar-refractivity contribution >= 4 is 40.7 Å². The number of likely N-dealkylation sites (tertiary alicyclic amines) is 1. The maximum Gasteiger partial charge on any atom is 0.255 e. The van der Waals surface area contributed by atoms with E-state index in [4.69, 9.17) is 11.6 Å². The minimum Gasteiger partial charge on any atom is -0.338 e. The fourth-order valence-corrected chi connectivity index (χ4v) is 3.21. The van der Waals surface area contributed by atoms with E-state index in [1.54, 1.807) is 48.2 Å². The number of benzene rings is 2. The first-order valence-electron chi connectivity index (χ1n) is 9.23. The third-order valence-corrected chi connectivity index (χ3v) is 4.88. The maximum atomic E-state index is 12.7. The lowest BCUT2D eigenvalue weighted by Crippen LogP contribution is -2.24. The standard InChI is InChI=1S/C21H22ClN3O3/c1-2-19(26)23-16-8-9-17(22)18(12-16)24-21(28)15-6-3-5-14(11-15)13-25-10-4-7-20(25)27/h3,5-6,8-9,11-12H,2,4,7,10,13H2,1H3,(H,23,26)(H,24,28). The lowest BCUT2D eigenvalue weighted by Gasteiger charge is -2.16. The predicted octanol–water partition coefficient (Wildman–Crippen LogP) is 4.06. The average molecular weight is 400 g/mol. The Bertz CT molecular complexity index is 914. The van der Waals surface area contributed by atoms with Crippen LogP contribution in [0.1, 0.15) is 42.1 Å². The number of carbonyl (C=O) groups excluding carboxylic acids is 3. The Morgan fingerprint density at radius 2 is 1.96 bits per heavy atom. The molecular weight excluding hydrogens is 378 g/mol. The Hall–Kier alpha value is -2.86. The molecule has 0 saturated carbocycles. The van der Waals surface area contributed by atoms with E-state index >= 15 is 0 Å². The van der Waals surface area contributed by atoms with E-state index in [1.165, 1.54) is 0 Å². The SMILES string of the molecule is CCC(=O)Nc1ccc(Cl)c(NC(=O)c2cccc(CN3CCCC3=O)c2)c1. The molecule has 0 unspecified atom stereocenters. The zero-order chi connectivity index (χ0) is 20.1. The van der Waals surface area contributed by atoms with Gasteiger partial charge in [-0.05, 0) is 42.3 Å². The summed E-state index contributed by atoms with van der Waals surface area (Å²) < 4.78 is 0. The van der Waals surface area contributed by atoms with E-state index in [1.807, 2.05) is 6.07 Å². The van der Waals surface area contributed by atoms with Gasteiger partial charge in [0.2, 0.25) is 11.8 Å². The van der Waals surface area contributed by atoms with Crippen LogP contribution in [-0.4, -0.2) is 29.2 Å². The Morgan fingerprint density at radius 1 is 1.14 bits per heavy atom. The third-order valence-electron chi connectivity index (χ3n) is 4.55. The highest BCUT2D eigenvalue weighted by Crippen LogP contribution is 2.26. The molecule has 3 rings (SSSR count). The van der Waals surface area contributed by atoms with Gasteiger partial charge in [0.1, 0.15) is 0 Å². The summed E-state index contributed by atoms with van der Waals surface area (Å²) >= 11 is 6.19. The number of nitrogens with one attached hydrogen (secondary N) is 2. The fraction of sp³-hybridized carbons (Fsp3) is 0.286. The molecule has 1 aliphatic rings. The van der Waals surface area contributed by atoms with Gasteiger partial charge in [-0.2, -0.15) is 0 Å². The Morgan fingerprint density at radius 3 is 2.68 bits per heavy atom. The van der Waals surface area contributed by atoms with Gasteiger partial charge in [0.25, 0.3) is 5.91 Å². The van der Waals surface area contributed by atoms with Crippen LogP contribution in [0, 0.1) is 0 Å². The molecule has 2 N–H and O–H groups in total. The van der Waals surface area contributed by atoms with Gasteiger partial charge in [-0.3, -0.25) is 14.4 Å². The van der Waals surface area contributed by atoms with Crippen LogP contribution < -0.4 is 10.6 Å². The molecule has 146 valence electrons. The largest absolute Gasteiger partial charge is 0.338 e. The van der Waals surface area contributed by atoms with E-state index in [2.05, 4.69) is 10.6 Å². The molecule has 7 heteroatoms. The molecule has 0 aliphatic carbocycles. The van der Waals surface area contributed by atoms with Crippen molar-refractivity contribution in [3.05, 3.63) is 58.6 Å². The van der Waals surface area contributed by atoms with Crippen LogP contribution in [0.25, 0.3) is 0 Å². The average Bonchev–Trinajstić information content (AvgIpc) is 3.09. The number of anilines is 2. The molecule has 0 radical (unpaired) electrons. The van der Waals surface area contributed by atoms with Crippen molar-refractivity contribution in [2.75, 3.05) is 17.2 Å². The highest BCUT2D eigenvalue weighted by atomic mass is 35.5.